The van der Waals surface area contributed by atoms with E-state index in [2.05, 4.69) is 29.2 Å². The third-order valence-electron chi connectivity index (χ3n) is 5.19. The second-order valence-corrected chi connectivity index (χ2v) is 6.70. The monoisotopic (exact) mass is 318 g/mol. The quantitative estimate of drug-likeness (QED) is 0.855. The molecular formula is C18H26N2O3. The molecule has 1 aromatic carbocycles. The predicted octanol–water partition coefficient (Wildman–Crippen LogP) is 0.636. The van der Waals surface area contributed by atoms with Crippen molar-refractivity contribution < 1.29 is 15.0 Å². The van der Waals surface area contributed by atoms with Crippen LogP contribution in [0.25, 0.3) is 0 Å². The van der Waals surface area contributed by atoms with Gasteiger partial charge in [0.25, 0.3) is 0 Å². The third-order valence-corrected chi connectivity index (χ3v) is 5.19. The van der Waals surface area contributed by atoms with E-state index in [1.165, 1.54) is 11.1 Å². The summed E-state index contributed by atoms with van der Waals surface area (Å²) >= 11 is 0. The number of carbonyl (C=O) groups excluding carboxylic acids is 1. The fourth-order valence-corrected chi connectivity index (χ4v) is 3.66. The Morgan fingerprint density at radius 2 is 1.87 bits per heavy atom. The number of aliphatic hydroxyl groups excluding tert-OH is 2. The first kappa shape index (κ1) is 16.4. The number of hydrogen-bond acceptors (Lipinski definition) is 4. The molecule has 2 heterocycles. The maximum Gasteiger partial charge on any atom is 0.236 e. The van der Waals surface area contributed by atoms with E-state index in [1.807, 2.05) is 4.90 Å². The average molecular weight is 318 g/mol. The Kier molecular flexibility index (Phi) is 5.30. The highest BCUT2D eigenvalue weighted by molar-refractivity contribution is 5.78. The van der Waals surface area contributed by atoms with Crippen LogP contribution in [0.1, 0.15) is 24.0 Å². The van der Waals surface area contributed by atoms with Crippen LogP contribution in [0.15, 0.2) is 24.3 Å². The molecule has 1 aromatic rings. The van der Waals surface area contributed by atoms with Crippen LogP contribution < -0.4 is 0 Å². The van der Waals surface area contributed by atoms with Gasteiger partial charge in [0.2, 0.25) is 5.91 Å². The molecule has 1 saturated heterocycles. The van der Waals surface area contributed by atoms with Gasteiger partial charge in [0.15, 0.2) is 0 Å². The van der Waals surface area contributed by atoms with Crippen molar-refractivity contribution in [2.24, 2.45) is 5.92 Å². The number of benzene rings is 1. The molecule has 0 spiro atoms. The molecule has 0 aromatic heterocycles. The van der Waals surface area contributed by atoms with Crippen LogP contribution in [-0.4, -0.2) is 64.8 Å². The molecule has 23 heavy (non-hydrogen) atoms. The number of fused-ring (bicyclic) bond motifs is 1. The first-order chi connectivity index (χ1) is 11.2. The number of aliphatic hydroxyl groups is 2. The van der Waals surface area contributed by atoms with Crippen LogP contribution in [-0.2, 0) is 17.8 Å². The summed E-state index contributed by atoms with van der Waals surface area (Å²) < 4.78 is 0. The van der Waals surface area contributed by atoms with Gasteiger partial charge < -0.3 is 15.1 Å². The van der Waals surface area contributed by atoms with Gasteiger partial charge in [-0.05, 0) is 36.3 Å². The summed E-state index contributed by atoms with van der Waals surface area (Å²) in [6.07, 6.45) is 1.91. The molecule has 5 heteroatoms. The van der Waals surface area contributed by atoms with Crippen molar-refractivity contribution >= 4 is 5.91 Å². The van der Waals surface area contributed by atoms with Crippen LogP contribution >= 0.6 is 0 Å². The number of nitrogens with zero attached hydrogens (tertiary/aromatic N) is 2. The zero-order chi connectivity index (χ0) is 16.2. The lowest BCUT2D eigenvalue weighted by Gasteiger charge is -2.35. The fraction of sp³-hybridized carbons (Fsp3) is 0.611. The number of carbonyl (C=O) groups is 1. The van der Waals surface area contributed by atoms with Gasteiger partial charge in [-0.1, -0.05) is 24.3 Å². The minimum atomic E-state index is -0.647. The molecule has 2 aliphatic rings. The van der Waals surface area contributed by atoms with Gasteiger partial charge in [-0.25, -0.2) is 0 Å². The Morgan fingerprint density at radius 3 is 2.57 bits per heavy atom. The van der Waals surface area contributed by atoms with Crippen molar-refractivity contribution in [1.29, 1.82) is 0 Å². The second-order valence-electron chi connectivity index (χ2n) is 6.70. The Bertz CT molecular complexity index is 541. The Morgan fingerprint density at radius 1 is 1.17 bits per heavy atom. The van der Waals surface area contributed by atoms with E-state index in [0.717, 1.165) is 32.4 Å². The largest absolute Gasteiger partial charge is 0.394 e. The Hall–Kier alpha value is -1.43. The summed E-state index contributed by atoms with van der Waals surface area (Å²) in [4.78, 5) is 16.6. The molecule has 1 atom stereocenters. The molecule has 1 amide bonds. The van der Waals surface area contributed by atoms with E-state index in [9.17, 15) is 9.90 Å². The van der Waals surface area contributed by atoms with Crippen molar-refractivity contribution in [3.8, 4) is 0 Å². The molecule has 0 aliphatic carbocycles. The minimum Gasteiger partial charge on any atom is -0.394 e. The molecule has 1 fully saturated rings. The molecule has 0 saturated carbocycles. The molecular weight excluding hydrogens is 292 g/mol. The van der Waals surface area contributed by atoms with Crippen LogP contribution in [0.2, 0.25) is 0 Å². The van der Waals surface area contributed by atoms with Gasteiger partial charge in [-0.3, -0.25) is 9.69 Å². The maximum atomic E-state index is 12.5. The van der Waals surface area contributed by atoms with Crippen LogP contribution in [0.4, 0.5) is 0 Å². The highest BCUT2D eigenvalue weighted by Gasteiger charge is 2.28. The van der Waals surface area contributed by atoms with Gasteiger partial charge in [-0.2, -0.15) is 0 Å². The zero-order valence-corrected chi connectivity index (χ0v) is 13.5. The summed E-state index contributed by atoms with van der Waals surface area (Å²) in [5, 5.41) is 18.7. The first-order valence-corrected chi connectivity index (χ1v) is 8.53. The van der Waals surface area contributed by atoms with Crippen molar-refractivity contribution in [3.05, 3.63) is 35.4 Å². The number of hydrogen-bond donors (Lipinski definition) is 2. The van der Waals surface area contributed by atoms with Crippen molar-refractivity contribution in [3.63, 3.8) is 0 Å². The first-order valence-electron chi connectivity index (χ1n) is 8.53. The van der Waals surface area contributed by atoms with E-state index in [0.29, 0.717) is 19.6 Å². The van der Waals surface area contributed by atoms with E-state index in [-0.39, 0.29) is 18.4 Å². The van der Waals surface area contributed by atoms with E-state index in [4.69, 9.17) is 5.11 Å². The topological polar surface area (TPSA) is 64.0 Å². The summed E-state index contributed by atoms with van der Waals surface area (Å²) in [7, 11) is 0. The molecule has 0 radical (unpaired) electrons. The number of rotatable bonds is 4. The molecule has 3 rings (SSSR count). The van der Waals surface area contributed by atoms with Crippen LogP contribution in [0.5, 0.6) is 0 Å². The van der Waals surface area contributed by atoms with Crippen molar-refractivity contribution in [2.45, 2.75) is 31.9 Å². The molecule has 2 aliphatic heterocycles. The minimum absolute atomic E-state index is 0.117. The van der Waals surface area contributed by atoms with Crippen LogP contribution in [0.3, 0.4) is 0 Å². The molecule has 0 bridgehead atoms. The van der Waals surface area contributed by atoms with Crippen molar-refractivity contribution in [1.82, 2.24) is 9.80 Å². The number of likely N-dealkylation sites (tertiary alicyclic amines) is 1. The highest BCUT2D eigenvalue weighted by Crippen LogP contribution is 2.22. The Balaban J connectivity index is 1.49. The van der Waals surface area contributed by atoms with E-state index in [1.54, 1.807) is 0 Å². The smallest absolute Gasteiger partial charge is 0.236 e. The lowest BCUT2D eigenvalue weighted by atomic mass is 9.91. The maximum absolute atomic E-state index is 12.5. The summed E-state index contributed by atoms with van der Waals surface area (Å²) in [5.74, 6) is 0.298. The molecule has 2 N–H and O–H groups in total. The SMILES string of the molecule is O=C(CN1CCc2ccccc2C1)N1CCC(C(O)CO)CC1. The standard InChI is InChI=1S/C18H26N2O3/c21-13-17(22)15-6-9-20(10-7-15)18(23)12-19-8-5-14-3-1-2-4-16(14)11-19/h1-4,15,17,21-22H,5-13H2. The van der Waals surface area contributed by atoms with Gasteiger partial charge in [0.1, 0.15) is 0 Å². The normalized spacial score (nSPS) is 21.0. The summed E-state index contributed by atoms with van der Waals surface area (Å²) in [5.41, 5.74) is 2.73. The zero-order valence-electron chi connectivity index (χ0n) is 13.5. The van der Waals surface area contributed by atoms with Gasteiger partial charge >= 0.3 is 0 Å². The number of amides is 1. The Labute approximate surface area is 137 Å². The third kappa shape index (κ3) is 3.91. The van der Waals surface area contributed by atoms with Gasteiger partial charge in [0.05, 0.1) is 19.3 Å². The second kappa shape index (κ2) is 7.43. The fourth-order valence-electron chi connectivity index (χ4n) is 3.66. The lowest BCUT2D eigenvalue weighted by molar-refractivity contribution is -0.134. The number of piperidine rings is 1. The van der Waals surface area contributed by atoms with E-state index >= 15 is 0 Å². The van der Waals surface area contributed by atoms with Gasteiger partial charge in [0, 0.05) is 26.2 Å². The highest BCUT2D eigenvalue weighted by atomic mass is 16.3. The lowest BCUT2D eigenvalue weighted by Crippen LogP contribution is -2.46. The van der Waals surface area contributed by atoms with Crippen molar-refractivity contribution in [2.75, 3.05) is 32.8 Å². The summed E-state index contributed by atoms with van der Waals surface area (Å²) in [6, 6.07) is 8.45. The molecule has 1 unspecified atom stereocenters. The average Bonchev–Trinajstić information content (AvgIpc) is 2.61. The van der Waals surface area contributed by atoms with Crippen LogP contribution in [0, 0.1) is 5.92 Å². The predicted molar refractivity (Wildman–Crippen MR) is 87.8 cm³/mol. The molecule has 126 valence electrons. The summed E-state index contributed by atoms with van der Waals surface area (Å²) in [6.45, 7) is 3.44. The van der Waals surface area contributed by atoms with Gasteiger partial charge in [-0.15, -0.1) is 0 Å². The van der Waals surface area contributed by atoms with E-state index < -0.39 is 6.10 Å². The molecule has 5 nitrogen and oxygen atoms in total.